The lowest BCUT2D eigenvalue weighted by Crippen LogP contribution is -2.35. The summed E-state index contributed by atoms with van der Waals surface area (Å²) in [4.78, 5) is 12.2. The summed E-state index contributed by atoms with van der Waals surface area (Å²) in [6.07, 6.45) is 3.43. The predicted octanol–water partition coefficient (Wildman–Crippen LogP) is 2.40. The standard InChI is InChI=1S/C16H19ClFN3O3/c1-21-8-10(7-19-21)13(9-23-2)20-15(16(22)24-3)14-11(17)5-4-6-12(14)18/h4-8,13,15,20H,9H2,1-3H3. The number of halogens is 2. The highest BCUT2D eigenvalue weighted by Crippen LogP contribution is 2.29. The molecule has 1 aromatic heterocycles. The Bertz CT molecular complexity index is 687. The molecule has 0 aliphatic rings. The maximum atomic E-state index is 14.3. The predicted molar refractivity (Wildman–Crippen MR) is 87.1 cm³/mol. The van der Waals surface area contributed by atoms with Crippen molar-refractivity contribution in [3.63, 3.8) is 0 Å². The van der Waals surface area contributed by atoms with Crippen molar-refractivity contribution < 1.29 is 18.7 Å². The Hall–Kier alpha value is -1.96. The second-order valence-corrected chi connectivity index (χ2v) is 5.62. The number of aryl methyl sites for hydroxylation is 1. The number of hydrogen-bond acceptors (Lipinski definition) is 5. The summed E-state index contributed by atoms with van der Waals surface area (Å²) in [5, 5.41) is 7.30. The third-order valence-corrected chi connectivity index (χ3v) is 3.88. The van der Waals surface area contributed by atoms with Crippen LogP contribution in [0.1, 0.15) is 23.2 Å². The van der Waals surface area contributed by atoms with Crippen molar-refractivity contribution in [2.75, 3.05) is 20.8 Å². The first kappa shape index (κ1) is 18.4. The van der Waals surface area contributed by atoms with E-state index in [4.69, 9.17) is 21.1 Å². The number of esters is 1. The smallest absolute Gasteiger partial charge is 0.327 e. The highest BCUT2D eigenvalue weighted by molar-refractivity contribution is 6.31. The molecule has 6 nitrogen and oxygen atoms in total. The first-order valence-electron chi connectivity index (χ1n) is 7.23. The van der Waals surface area contributed by atoms with E-state index in [1.165, 1.54) is 32.4 Å². The molecule has 8 heteroatoms. The summed E-state index contributed by atoms with van der Waals surface area (Å²) in [5.74, 6) is -1.24. The monoisotopic (exact) mass is 355 g/mol. The van der Waals surface area contributed by atoms with Crippen LogP contribution in [0.4, 0.5) is 4.39 Å². The van der Waals surface area contributed by atoms with Crippen molar-refractivity contribution >= 4 is 17.6 Å². The lowest BCUT2D eigenvalue weighted by molar-refractivity contribution is -0.143. The molecule has 0 aliphatic heterocycles. The highest BCUT2D eigenvalue weighted by atomic mass is 35.5. The normalized spacial score (nSPS) is 13.5. The zero-order valence-electron chi connectivity index (χ0n) is 13.6. The number of nitrogens with one attached hydrogen (secondary N) is 1. The minimum absolute atomic E-state index is 0.0380. The molecule has 1 aromatic carbocycles. The van der Waals surface area contributed by atoms with Crippen LogP contribution in [0.15, 0.2) is 30.6 Å². The Morgan fingerprint density at radius 2 is 2.21 bits per heavy atom. The fourth-order valence-corrected chi connectivity index (χ4v) is 2.67. The zero-order valence-corrected chi connectivity index (χ0v) is 14.4. The van der Waals surface area contributed by atoms with Gasteiger partial charge in [0.2, 0.25) is 0 Å². The molecule has 0 aliphatic carbocycles. The average Bonchev–Trinajstić information content (AvgIpc) is 2.98. The third kappa shape index (κ3) is 4.11. The summed E-state index contributed by atoms with van der Waals surface area (Å²) in [5.41, 5.74) is 0.830. The number of carbonyl (C=O) groups is 1. The lowest BCUT2D eigenvalue weighted by atomic mass is 10.0. The van der Waals surface area contributed by atoms with Gasteiger partial charge < -0.3 is 9.47 Å². The molecular weight excluding hydrogens is 337 g/mol. The third-order valence-electron chi connectivity index (χ3n) is 3.55. The minimum Gasteiger partial charge on any atom is -0.468 e. The van der Waals surface area contributed by atoms with E-state index in [9.17, 15) is 9.18 Å². The molecule has 2 unspecified atom stereocenters. The van der Waals surface area contributed by atoms with Gasteiger partial charge in [-0.25, -0.2) is 9.18 Å². The Labute approximate surface area is 144 Å². The molecule has 0 bridgehead atoms. The van der Waals surface area contributed by atoms with Gasteiger partial charge in [-0.05, 0) is 12.1 Å². The first-order valence-corrected chi connectivity index (χ1v) is 7.61. The number of carbonyl (C=O) groups excluding carboxylic acids is 1. The topological polar surface area (TPSA) is 65.4 Å². The highest BCUT2D eigenvalue weighted by Gasteiger charge is 2.30. The number of hydrogen-bond donors (Lipinski definition) is 1. The molecular formula is C16H19ClFN3O3. The summed E-state index contributed by atoms with van der Waals surface area (Å²) < 4.78 is 25.9. The van der Waals surface area contributed by atoms with E-state index in [0.717, 1.165) is 5.56 Å². The van der Waals surface area contributed by atoms with Crippen LogP contribution in [0.25, 0.3) is 0 Å². The molecule has 0 spiro atoms. The molecule has 0 fully saturated rings. The molecule has 1 heterocycles. The molecule has 0 saturated heterocycles. The molecule has 2 atom stereocenters. The lowest BCUT2D eigenvalue weighted by Gasteiger charge is -2.24. The molecule has 0 saturated carbocycles. The summed E-state index contributed by atoms with van der Waals surface area (Å²) in [7, 11) is 4.55. The first-order chi connectivity index (χ1) is 11.5. The summed E-state index contributed by atoms with van der Waals surface area (Å²) >= 11 is 6.10. The van der Waals surface area contributed by atoms with Crippen LogP contribution < -0.4 is 5.32 Å². The Balaban J connectivity index is 2.38. The van der Waals surface area contributed by atoms with Crippen LogP contribution in [-0.2, 0) is 21.3 Å². The fraction of sp³-hybridized carbons (Fsp3) is 0.375. The Morgan fingerprint density at radius 3 is 2.75 bits per heavy atom. The van der Waals surface area contributed by atoms with Crippen LogP contribution in [0.3, 0.4) is 0 Å². The second-order valence-electron chi connectivity index (χ2n) is 5.21. The van der Waals surface area contributed by atoms with Gasteiger partial charge in [-0.2, -0.15) is 5.10 Å². The van der Waals surface area contributed by atoms with Gasteiger partial charge in [0.05, 0.1) is 26.0 Å². The van der Waals surface area contributed by atoms with E-state index in [0.29, 0.717) is 0 Å². The molecule has 24 heavy (non-hydrogen) atoms. The van der Waals surface area contributed by atoms with E-state index in [2.05, 4.69) is 10.4 Å². The van der Waals surface area contributed by atoms with Crippen LogP contribution >= 0.6 is 11.6 Å². The van der Waals surface area contributed by atoms with Crippen molar-refractivity contribution in [3.8, 4) is 0 Å². The fourth-order valence-electron chi connectivity index (χ4n) is 2.40. The van der Waals surface area contributed by atoms with E-state index >= 15 is 0 Å². The molecule has 1 N–H and O–H groups in total. The van der Waals surface area contributed by atoms with Gasteiger partial charge in [0.15, 0.2) is 0 Å². The van der Waals surface area contributed by atoms with Gasteiger partial charge in [0.1, 0.15) is 11.9 Å². The van der Waals surface area contributed by atoms with Gasteiger partial charge in [0, 0.05) is 36.5 Å². The van der Waals surface area contributed by atoms with Crippen molar-refractivity contribution in [1.82, 2.24) is 15.1 Å². The van der Waals surface area contributed by atoms with E-state index in [1.807, 2.05) is 0 Å². The molecule has 2 rings (SSSR count). The number of rotatable bonds is 7. The van der Waals surface area contributed by atoms with Crippen molar-refractivity contribution in [1.29, 1.82) is 0 Å². The second kappa shape index (κ2) is 8.23. The number of aromatic nitrogens is 2. The maximum Gasteiger partial charge on any atom is 0.327 e. The summed E-state index contributed by atoms with van der Waals surface area (Å²) in [6, 6.07) is 2.76. The van der Waals surface area contributed by atoms with Crippen molar-refractivity contribution in [2.24, 2.45) is 7.05 Å². The molecule has 130 valence electrons. The van der Waals surface area contributed by atoms with Crippen LogP contribution in [0.5, 0.6) is 0 Å². The van der Waals surface area contributed by atoms with Gasteiger partial charge in [0.25, 0.3) is 0 Å². The Kier molecular flexibility index (Phi) is 6.30. The average molecular weight is 356 g/mol. The van der Waals surface area contributed by atoms with Crippen molar-refractivity contribution in [2.45, 2.75) is 12.1 Å². The quantitative estimate of drug-likeness (QED) is 0.773. The zero-order chi connectivity index (χ0) is 17.7. The number of nitrogens with zero attached hydrogens (tertiary/aromatic N) is 2. The van der Waals surface area contributed by atoms with E-state index < -0.39 is 23.9 Å². The maximum absolute atomic E-state index is 14.3. The summed E-state index contributed by atoms with van der Waals surface area (Å²) in [6.45, 7) is 0.255. The SMILES string of the molecule is COCC(NC(C(=O)OC)c1c(F)cccc1Cl)c1cnn(C)c1. The number of ether oxygens (including phenoxy) is 2. The molecule has 0 radical (unpaired) electrons. The van der Waals surface area contributed by atoms with Crippen molar-refractivity contribution in [3.05, 3.63) is 52.6 Å². The van der Waals surface area contributed by atoms with Crippen LogP contribution in [0, 0.1) is 5.82 Å². The molecule has 0 amide bonds. The van der Waals surface area contributed by atoms with E-state index in [1.54, 1.807) is 24.1 Å². The van der Waals surface area contributed by atoms with Crippen LogP contribution in [0.2, 0.25) is 5.02 Å². The number of methoxy groups -OCH3 is 2. The minimum atomic E-state index is -1.08. The van der Waals surface area contributed by atoms with Gasteiger partial charge in [-0.3, -0.25) is 10.00 Å². The van der Waals surface area contributed by atoms with E-state index in [-0.39, 0.29) is 17.2 Å². The van der Waals surface area contributed by atoms with Gasteiger partial charge >= 0.3 is 5.97 Å². The Morgan fingerprint density at radius 1 is 1.46 bits per heavy atom. The van der Waals surface area contributed by atoms with Crippen LogP contribution in [-0.4, -0.2) is 36.6 Å². The number of benzene rings is 1. The molecule has 2 aromatic rings. The van der Waals surface area contributed by atoms with Gasteiger partial charge in [-0.1, -0.05) is 17.7 Å². The largest absolute Gasteiger partial charge is 0.468 e. The van der Waals surface area contributed by atoms with Gasteiger partial charge in [-0.15, -0.1) is 0 Å².